The fourth-order valence-corrected chi connectivity index (χ4v) is 4.09. The highest BCUT2D eigenvalue weighted by molar-refractivity contribution is 5.69. The van der Waals surface area contributed by atoms with E-state index in [1.807, 2.05) is 0 Å². The molecule has 0 aliphatic rings. The molecular formula is C36H72O13. The Kier molecular flexibility index (Phi) is 44.2. The predicted molar refractivity (Wildman–Crippen MR) is 187 cm³/mol. The molecule has 294 valence electrons. The van der Waals surface area contributed by atoms with Crippen LogP contribution >= 0.6 is 0 Å². The van der Waals surface area contributed by atoms with E-state index in [1.54, 1.807) is 0 Å². The average Bonchev–Trinajstić information content (AvgIpc) is 3.11. The minimum atomic E-state index is -0.151. The second-order valence-corrected chi connectivity index (χ2v) is 11.2. The van der Waals surface area contributed by atoms with E-state index in [4.69, 9.17) is 56.8 Å². The van der Waals surface area contributed by atoms with Crippen LogP contribution in [0, 0.1) is 0 Å². The molecule has 0 saturated heterocycles. The molecule has 0 atom stereocenters. The Balaban J connectivity index is 3.08. The molecule has 0 unspecified atom stereocenters. The fraction of sp³-hybridized carbons (Fsp3) is 0.972. The van der Waals surface area contributed by atoms with Crippen LogP contribution in [0.3, 0.4) is 0 Å². The van der Waals surface area contributed by atoms with Crippen molar-refractivity contribution < 1.29 is 61.6 Å². The maximum atomic E-state index is 11.5. The van der Waals surface area contributed by atoms with E-state index in [1.165, 1.54) is 25.7 Å². The van der Waals surface area contributed by atoms with Gasteiger partial charge in [-0.15, -0.1) is 0 Å². The van der Waals surface area contributed by atoms with Crippen molar-refractivity contribution in [1.82, 2.24) is 0 Å². The lowest BCUT2D eigenvalue weighted by molar-refractivity contribution is -0.145. The van der Waals surface area contributed by atoms with Gasteiger partial charge in [-0.1, -0.05) is 58.8 Å². The number of esters is 1. The van der Waals surface area contributed by atoms with Crippen molar-refractivity contribution in [3.63, 3.8) is 0 Å². The number of hydrogen-bond acceptors (Lipinski definition) is 13. The van der Waals surface area contributed by atoms with Gasteiger partial charge in [0.2, 0.25) is 0 Å². The molecule has 0 aromatic heterocycles. The zero-order valence-corrected chi connectivity index (χ0v) is 31.1. The number of carbonyl (C=O) groups is 1. The average molecular weight is 713 g/mol. The largest absolute Gasteiger partial charge is 0.463 e. The van der Waals surface area contributed by atoms with Crippen LogP contribution in [-0.2, 0) is 61.6 Å². The molecule has 0 heterocycles. The number of rotatable bonds is 44. The topological polar surface area (TPSA) is 128 Å². The van der Waals surface area contributed by atoms with E-state index in [9.17, 15) is 4.79 Å². The van der Waals surface area contributed by atoms with Crippen LogP contribution in [0.5, 0.6) is 0 Å². The highest BCUT2D eigenvalue weighted by atomic mass is 16.6. The van der Waals surface area contributed by atoms with Crippen LogP contribution in [0.15, 0.2) is 0 Å². The first-order chi connectivity index (χ1) is 24.3. The van der Waals surface area contributed by atoms with Gasteiger partial charge in [-0.05, 0) is 12.8 Å². The molecule has 0 aromatic rings. The molecule has 49 heavy (non-hydrogen) atoms. The summed E-state index contributed by atoms with van der Waals surface area (Å²) in [5, 5.41) is 0. The lowest BCUT2D eigenvalue weighted by Crippen LogP contribution is -2.15. The molecule has 0 radical (unpaired) electrons. The molecule has 13 heteroatoms. The molecule has 0 spiro atoms. The zero-order valence-electron chi connectivity index (χ0n) is 31.1. The Bertz CT molecular complexity index is 615. The number of hydrogen-bond donors (Lipinski definition) is 0. The summed E-state index contributed by atoms with van der Waals surface area (Å²) in [7, 11) is 0. The molecule has 0 saturated carbocycles. The summed E-state index contributed by atoms with van der Waals surface area (Å²) in [6.07, 6.45) is 11.0. The number of ether oxygens (including phenoxy) is 12. The molecular weight excluding hydrogens is 640 g/mol. The summed E-state index contributed by atoms with van der Waals surface area (Å²) >= 11 is 0. The van der Waals surface area contributed by atoms with Gasteiger partial charge < -0.3 is 56.8 Å². The normalized spacial score (nSPS) is 11.5. The van der Waals surface area contributed by atoms with Gasteiger partial charge in [0.1, 0.15) is 6.61 Å². The Morgan fingerprint density at radius 2 is 0.531 bits per heavy atom. The zero-order chi connectivity index (χ0) is 35.4. The molecule has 0 aromatic carbocycles. The van der Waals surface area contributed by atoms with Crippen molar-refractivity contribution in [3.05, 3.63) is 0 Å². The first-order valence-corrected chi connectivity index (χ1v) is 18.8. The van der Waals surface area contributed by atoms with Crippen molar-refractivity contribution in [1.29, 1.82) is 0 Å². The maximum Gasteiger partial charge on any atom is 0.305 e. The van der Waals surface area contributed by atoms with Crippen molar-refractivity contribution in [2.45, 2.75) is 78.1 Å². The number of carbonyl (C=O) groups excluding carboxylic acids is 1. The molecule has 0 bridgehead atoms. The van der Waals surface area contributed by atoms with Crippen LogP contribution in [0.2, 0.25) is 0 Å². The van der Waals surface area contributed by atoms with Crippen LogP contribution in [0.1, 0.15) is 78.1 Å². The lowest BCUT2D eigenvalue weighted by atomic mass is 10.2. The second-order valence-electron chi connectivity index (χ2n) is 11.2. The van der Waals surface area contributed by atoms with Gasteiger partial charge in [0.15, 0.2) is 0 Å². The molecule has 0 aliphatic heterocycles. The monoisotopic (exact) mass is 712 g/mol. The van der Waals surface area contributed by atoms with Gasteiger partial charge in [0.25, 0.3) is 0 Å². The minimum absolute atomic E-state index is 0.151. The second kappa shape index (κ2) is 45.1. The van der Waals surface area contributed by atoms with Crippen LogP contribution in [0.25, 0.3) is 0 Å². The van der Waals surface area contributed by atoms with Gasteiger partial charge in [0.05, 0.1) is 139 Å². The third-order valence-electron chi connectivity index (χ3n) is 6.84. The summed E-state index contributed by atoms with van der Waals surface area (Å²) in [5.74, 6) is -0.151. The third-order valence-corrected chi connectivity index (χ3v) is 6.84. The molecule has 0 rings (SSSR count). The molecule has 0 N–H and O–H groups in total. The maximum absolute atomic E-state index is 11.5. The number of unbranched alkanes of at least 4 members (excludes halogenated alkanes) is 7. The van der Waals surface area contributed by atoms with Crippen molar-refractivity contribution >= 4 is 5.97 Å². The van der Waals surface area contributed by atoms with Crippen molar-refractivity contribution in [2.75, 3.05) is 152 Å². The quantitative estimate of drug-likeness (QED) is 0.0643. The molecule has 0 fully saturated rings. The summed E-state index contributed by atoms with van der Waals surface area (Å²) in [6.45, 7) is 16.3. The van der Waals surface area contributed by atoms with Gasteiger partial charge in [0, 0.05) is 13.0 Å². The van der Waals surface area contributed by atoms with E-state index in [0.29, 0.717) is 145 Å². The molecule has 0 amide bonds. The summed E-state index contributed by atoms with van der Waals surface area (Å²) < 4.78 is 65.5. The van der Waals surface area contributed by atoms with E-state index >= 15 is 0 Å². The van der Waals surface area contributed by atoms with Crippen LogP contribution in [-0.4, -0.2) is 158 Å². The highest BCUT2D eigenvalue weighted by Gasteiger charge is 2.02. The first kappa shape index (κ1) is 48.0. The van der Waals surface area contributed by atoms with Crippen LogP contribution in [0.4, 0.5) is 0 Å². The fourth-order valence-electron chi connectivity index (χ4n) is 4.09. The SMILES string of the molecule is CCCCCCCOCCOCCOCCOCCOCCOCCOCCOCCOCCOCCOCCOC(=O)CCCCCC. The first-order valence-electron chi connectivity index (χ1n) is 18.8. The lowest BCUT2D eigenvalue weighted by Gasteiger charge is -2.09. The molecule has 0 aliphatic carbocycles. The van der Waals surface area contributed by atoms with Gasteiger partial charge in [-0.3, -0.25) is 4.79 Å². The summed E-state index contributed by atoms with van der Waals surface area (Å²) in [6, 6.07) is 0. The van der Waals surface area contributed by atoms with E-state index in [-0.39, 0.29) is 12.6 Å². The summed E-state index contributed by atoms with van der Waals surface area (Å²) in [5.41, 5.74) is 0. The van der Waals surface area contributed by atoms with Crippen molar-refractivity contribution in [2.24, 2.45) is 0 Å². The summed E-state index contributed by atoms with van der Waals surface area (Å²) in [4.78, 5) is 11.5. The van der Waals surface area contributed by atoms with Gasteiger partial charge >= 0.3 is 5.97 Å². The van der Waals surface area contributed by atoms with E-state index in [0.717, 1.165) is 38.7 Å². The van der Waals surface area contributed by atoms with E-state index in [2.05, 4.69) is 13.8 Å². The Labute approximate surface area is 297 Å². The standard InChI is InChI=1S/C36H72O13/c1-3-5-7-9-11-13-38-14-15-39-16-17-40-18-19-41-20-21-42-22-23-43-24-25-44-26-27-45-28-29-46-30-31-47-32-33-48-34-35-49-36(37)12-10-8-6-4-2/h3-35H2,1-2H3. The highest BCUT2D eigenvalue weighted by Crippen LogP contribution is 2.03. The Morgan fingerprint density at radius 3 is 0.837 bits per heavy atom. The third kappa shape index (κ3) is 45.0. The van der Waals surface area contributed by atoms with E-state index < -0.39 is 0 Å². The van der Waals surface area contributed by atoms with Crippen molar-refractivity contribution in [3.8, 4) is 0 Å². The Morgan fingerprint density at radius 1 is 0.286 bits per heavy atom. The van der Waals surface area contributed by atoms with Gasteiger partial charge in [-0.2, -0.15) is 0 Å². The van der Waals surface area contributed by atoms with Crippen LogP contribution < -0.4 is 0 Å². The predicted octanol–water partition coefficient (Wildman–Crippen LogP) is 4.65. The minimum Gasteiger partial charge on any atom is -0.463 e. The molecule has 13 nitrogen and oxygen atoms in total. The van der Waals surface area contributed by atoms with Gasteiger partial charge in [-0.25, -0.2) is 0 Å². The smallest absolute Gasteiger partial charge is 0.305 e. The Hall–Kier alpha value is -0.970.